The lowest BCUT2D eigenvalue weighted by Crippen LogP contribution is -2.16. The Balaban J connectivity index is 1.95. The largest absolute Gasteiger partial charge is 0.494 e. The van der Waals surface area contributed by atoms with Crippen molar-refractivity contribution in [2.45, 2.75) is 20.8 Å². The Bertz CT molecular complexity index is 853. The van der Waals surface area contributed by atoms with E-state index in [0.29, 0.717) is 23.5 Å². The van der Waals surface area contributed by atoms with Gasteiger partial charge >= 0.3 is 0 Å². The molecule has 0 heterocycles. The number of rotatable bonds is 7. The van der Waals surface area contributed by atoms with Gasteiger partial charge in [0.15, 0.2) is 5.78 Å². The van der Waals surface area contributed by atoms with Crippen LogP contribution in [0.25, 0.3) is 0 Å². The molecular formula is C21H22N2O4. The lowest BCUT2D eigenvalue weighted by Gasteiger charge is -2.07. The minimum Gasteiger partial charge on any atom is -0.494 e. The Morgan fingerprint density at radius 1 is 0.889 bits per heavy atom. The number of nitrogens with one attached hydrogen (secondary N) is 2. The number of amides is 2. The highest BCUT2D eigenvalue weighted by Gasteiger charge is 2.08. The highest BCUT2D eigenvalue weighted by molar-refractivity contribution is 6.10. The molecule has 0 aliphatic carbocycles. The number of hydrogen-bond acceptors (Lipinski definition) is 4. The van der Waals surface area contributed by atoms with Crippen LogP contribution in [0.2, 0.25) is 0 Å². The summed E-state index contributed by atoms with van der Waals surface area (Å²) in [5.74, 6) is -0.126. The van der Waals surface area contributed by atoms with Gasteiger partial charge in [-0.25, -0.2) is 0 Å². The number of carbonyl (C=O) groups excluding carboxylic acids is 3. The molecule has 2 N–H and O–H groups in total. The minimum absolute atomic E-state index is 0.0464. The molecule has 2 aromatic rings. The summed E-state index contributed by atoms with van der Waals surface area (Å²) in [6.07, 6.45) is 1.23. The molecule has 6 heteroatoms. The van der Waals surface area contributed by atoms with Crippen LogP contribution in [0.1, 0.15) is 31.1 Å². The van der Waals surface area contributed by atoms with Crippen molar-refractivity contribution < 1.29 is 19.1 Å². The maximum absolute atomic E-state index is 12.2. The predicted molar refractivity (Wildman–Crippen MR) is 105 cm³/mol. The third-order valence-electron chi connectivity index (χ3n) is 3.69. The van der Waals surface area contributed by atoms with Crippen LogP contribution in [-0.2, 0) is 9.59 Å². The van der Waals surface area contributed by atoms with Crippen LogP contribution in [0.15, 0.2) is 60.2 Å². The maximum atomic E-state index is 12.2. The van der Waals surface area contributed by atoms with Crippen molar-refractivity contribution in [2.24, 2.45) is 0 Å². The van der Waals surface area contributed by atoms with E-state index in [1.165, 1.54) is 13.0 Å². The fourth-order valence-corrected chi connectivity index (χ4v) is 2.26. The number of carbonyl (C=O) groups is 3. The molecule has 0 fully saturated rings. The second kappa shape index (κ2) is 9.33. The molecule has 0 aliphatic heterocycles. The lowest BCUT2D eigenvalue weighted by atomic mass is 10.1. The van der Waals surface area contributed by atoms with E-state index in [1.54, 1.807) is 55.5 Å². The average molecular weight is 366 g/mol. The summed E-state index contributed by atoms with van der Waals surface area (Å²) in [5, 5.41) is 5.38. The summed E-state index contributed by atoms with van der Waals surface area (Å²) < 4.78 is 5.34. The highest BCUT2D eigenvalue weighted by Crippen LogP contribution is 2.16. The third-order valence-corrected chi connectivity index (χ3v) is 3.69. The fourth-order valence-electron chi connectivity index (χ4n) is 2.26. The van der Waals surface area contributed by atoms with E-state index >= 15 is 0 Å². The van der Waals surface area contributed by atoms with Crippen LogP contribution in [0, 0.1) is 0 Å². The molecule has 140 valence electrons. The van der Waals surface area contributed by atoms with E-state index in [-0.39, 0.29) is 11.4 Å². The molecule has 2 aromatic carbocycles. The van der Waals surface area contributed by atoms with Gasteiger partial charge in [-0.2, -0.15) is 0 Å². The molecule has 0 radical (unpaired) electrons. The molecule has 0 unspecified atom stereocenters. The summed E-state index contributed by atoms with van der Waals surface area (Å²) in [4.78, 5) is 35.5. The topological polar surface area (TPSA) is 84.5 Å². The SMILES string of the molecule is CCOc1ccc(NC(=O)/C=C(/C)C(=O)Nc2ccc(C(C)=O)cc2)cc1. The van der Waals surface area contributed by atoms with Gasteiger partial charge in [0.2, 0.25) is 5.91 Å². The van der Waals surface area contributed by atoms with Crippen molar-refractivity contribution in [3.8, 4) is 5.75 Å². The van der Waals surface area contributed by atoms with Gasteiger partial charge in [0, 0.05) is 28.6 Å². The summed E-state index contributed by atoms with van der Waals surface area (Å²) in [7, 11) is 0. The summed E-state index contributed by atoms with van der Waals surface area (Å²) in [6.45, 7) is 5.49. The number of Topliss-reactive ketones (excluding diaryl/α,β-unsaturated/α-hetero) is 1. The van der Waals surface area contributed by atoms with Gasteiger partial charge < -0.3 is 15.4 Å². The van der Waals surface area contributed by atoms with Gasteiger partial charge in [-0.1, -0.05) is 0 Å². The van der Waals surface area contributed by atoms with E-state index in [9.17, 15) is 14.4 Å². The van der Waals surface area contributed by atoms with E-state index in [1.807, 2.05) is 6.92 Å². The fraction of sp³-hybridized carbons (Fsp3) is 0.190. The molecule has 0 aromatic heterocycles. The average Bonchev–Trinajstić information content (AvgIpc) is 2.64. The quantitative estimate of drug-likeness (QED) is 0.576. The van der Waals surface area contributed by atoms with E-state index in [4.69, 9.17) is 4.74 Å². The molecule has 0 atom stereocenters. The maximum Gasteiger partial charge on any atom is 0.251 e. The molecule has 2 rings (SSSR count). The van der Waals surface area contributed by atoms with Crippen LogP contribution < -0.4 is 15.4 Å². The number of hydrogen-bond donors (Lipinski definition) is 2. The predicted octanol–water partition coefficient (Wildman–Crippen LogP) is 3.81. The molecule has 0 saturated carbocycles. The molecular weight excluding hydrogens is 344 g/mol. The zero-order valence-corrected chi connectivity index (χ0v) is 15.5. The number of anilines is 2. The number of ether oxygens (including phenoxy) is 1. The van der Waals surface area contributed by atoms with E-state index in [2.05, 4.69) is 10.6 Å². The van der Waals surface area contributed by atoms with Crippen molar-refractivity contribution in [1.82, 2.24) is 0 Å². The lowest BCUT2D eigenvalue weighted by molar-refractivity contribution is -0.114. The highest BCUT2D eigenvalue weighted by atomic mass is 16.5. The summed E-state index contributed by atoms with van der Waals surface area (Å²) in [5.41, 5.74) is 1.97. The molecule has 0 aliphatic rings. The first-order valence-electron chi connectivity index (χ1n) is 8.53. The van der Waals surface area contributed by atoms with Gasteiger partial charge in [-0.3, -0.25) is 14.4 Å². The zero-order valence-electron chi connectivity index (χ0n) is 15.5. The molecule has 2 amide bonds. The van der Waals surface area contributed by atoms with Crippen molar-refractivity contribution >= 4 is 29.0 Å². The minimum atomic E-state index is -0.404. The first kappa shape index (κ1) is 19.9. The van der Waals surface area contributed by atoms with Crippen LogP contribution >= 0.6 is 0 Å². The van der Waals surface area contributed by atoms with Crippen molar-refractivity contribution in [3.63, 3.8) is 0 Å². The molecule has 6 nitrogen and oxygen atoms in total. The van der Waals surface area contributed by atoms with Crippen LogP contribution in [0.5, 0.6) is 5.75 Å². The summed E-state index contributed by atoms with van der Waals surface area (Å²) >= 11 is 0. The Kier molecular flexibility index (Phi) is 6.88. The van der Waals surface area contributed by atoms with Gasteiger partial charge in [0.25, 0.3) is 5.91 Å². The smallest absolute Gasteiger partial charge is 0.251 e. The van der Waals surface area contributed by atoms with E-state index < -0.39 is 11.8 Å². The van der Waals surface area contributed by atoms with Crippen molar-refractivity contribution in [1.29, 1.82) is 0 Å². The molecule has 0 saturated heterocycles. The second-order valence-corrected chi connectivity index (χ2v) is 5.86. The van der Waals surface area contributed by atoms with Crippen molar-refractivity contribution in [3.05, 3.63) is 65.7 Å². The van der Waals surface area contributed by atoms with Gasteiger partial charge in [-0.15, -0.1) is 0 Å². The second-order valence-electron chi connectivity index (χ2n) is 5.86. The van der Waals surface area contributed by atoms with Gasteiger partial charge in [-0.05, 0) is 69.3 Å². The Morgan fingerprint density at radius 2 is 1.44 bits per heavy atom. The first-order valence-corrected chi connectivity index (χ1v) is 8.53. The van der Waals surface area contributed by atoms with Gasteiger partial charge in [0.1, 0.15) is 5.75 Å². The normalized spacial score (nSPS) is 10.9. The Hall–Kier alpha value is -3.41. The monoisotopic (exact) mass is 366 g/mol. The number of ketones is 1. The molecule has 27 heavy (non-hydrogen) atoms. The van der Waals surface area contributed by atoms with Crippen LogP contribution in [0.4, 0.5) is 11.4 Å². The standard InChI is InChI=1S/C21H22N2O4/c1-4-27-19-11-9-17(10-12-19)22-20(25)13-14(2)21(26)23-18-7-5-16(6-8-18)15(3)24/h5-13H,4H2,1-3H3,(H,22,25)(H,23,26)/b14-13-. The Morgan fingerprint density at radius 3 is 2.00 bits per heavy atom. The summed E-state index contributed by atoms with van der Waals surface area (Å²) in [6, 6.07) is 13.5. The van der Waals surface area contributed by atoms with Crippen LogP contribution in [-0.4, -0.2) is 24.2 Å². The van der Waals surface area contributed by atoms with Crippen LogP contribution in [0.3, 0.4) is 0 Å². The van der Waals surface area contributed by atoms with Gasteiger partial charge in [0.05, 0.1) is 6.61 Å². The number of benzene rings is 2. The third kappa shape index (κ3) is 6.11. The van der Waals surface area contributed by atoms with Crippen molar-refractivity contribution in [2.75, 3.05) is 17.2 Å². The zero-order chi connectivity index (χ0) is 19.8. The van der Waals surface area contributed by atoms with E-state index in [0.717, 1.165) is 5.75 Å². The Labute approximate surface area is 158 Å². The molecule has 0 bridgehead atoms. The first-order chi connectivity index (χ1) is 12.9. The molecule has 0 spiro atoms.